The number of hydrogen-bond donors (Lipinski definition) is 1. The predicted octanol–water partition coefficient (Wildman–Crippen LogP) is 3.42. The van der Waals surface area contributed by atoms with Crippen molar-refractivity contribution >= 4 is 11.6 Å². The van der Waals surface area contributed by atoms with E-state index < -0.39 is 0 Å². The molecule has 0 aliphatic rings. The summed E-state index contributed by atoms with van der Waals surface area (Å²) in [5.74, 6) is 1.39. The summed E-state index contributed by atoms with van der Waals surface area (Å²) in [6.45, 7) is 3.82. The Kier molecular flexibility index (Phi) is 5.12. The van der Waals surface area contributed by atoms with Crippen molar-refractivity contribution in [3.8, 4) is 11.5 Å². The lowest BCUT2D eigenvalue weighted by atomic mass is 10.2. The molecule has 0 fully saturated rings. The Morgan fingerprint density at radius 2 is 2.16 bits per heavy atom. The van der Waals surface area contributed by atoms with Gasteiger partial charge in [-0.2, -0.15) is 0 Å². The van der Waals surface area contributed by atoms with Crippen LogP contribution >= 0.6 is 11.6 Å². The second-order valence-corrected chi connectivity index (χ2v) is 4.54. The molecule has 0 saturated heterocycles. The predicted molar refractivity (Wildman–Crippen MR) is 75.6 cm³/mol. The van der Waals surface area contributed by atoms with Crippen LogP contribution in [-0.4, -0.2) is 16.5 Å². The quantitative estimate of drug-likeness (QED) is 0.822. The van der Waals surface area contributed by atoms with Crippen molar-refractivity contribution in [2.75, 3.05) is 6.54 Å². The number of nitrogens with zero attached hydrogens (tertiary/aromatic N) is 2. The summed E-state index contributed by atoms with van der Waals surface area (Å²) in [7, 11) is 0. The van der Waals surface area contributed by atoms with Crippen molar-refractivity contribution in [2.24, 2.45) is 0 Å². The molecule has 2 aromatic rings. The van der Waals surface area contributed by atoms with Crippen molar-refractivity contribution < 1.29 is 4.74 Å². The molecule has 0 radical (unpaired) electrons. The van der Waals surface area contributed by atoms with Crippen LogP contribution in [0.25, 0.3) is 0 Å². The number of aromatic nitrogens is 2. The van der Waals surface area contributed by atoms with Gasteiger partial charge in [-0.15, -0.1) is 0 Å². The van der Waals surface area contributed by atoms with Crippen LogP contribution in [0.1, 0.15) is 18.9 Å². The number of pyridine rings is 2. The molecule has 0 saturated carbocycles. The van der Waals surface area contributed by atoms with Gasteiger partial charge in [0, 0.05) is 36.8 Å². The van der Waals surface area contributed by atoms with Gasteiger partial charge in [0.25, 0.3) is 0 Å². The Labute approximate surface area is 117 Å². The molecule has 4 nitrogen and oxygen atoms in total. The molecular formula is C14H16ClN3O. The minimum Gasteiger partial charge on any atom is -0.455 e. The maximum atomic E-state index is 5.89. The van der Waals surface area contributed by atoms with Gasteiger partial charge in [-0.05, 0) is 19.0 Å². The van der Waals surface area contributed by atoms with Crippen LogP contribution in [0.4, 0.5) is 0 Å². The lowest BCUT2D eigenvalue weighted by molar-refractivity contribution is 0.469. The molecule has 0 amide bonds. The van der Waals surface area contributed by atoms with Crippen LogP contribution in [0.2, 0.25) is 5.02 Å². The molecule has 0 aromatic carbocycles. The summed E-state index contributed by atoms with van der Waals surface area (Å²) in [4.78, 5) is 8.12. The van der Waals surface area contributed by atoms with E-state index in [0.29, 0.717) is 10.8 Å². The second-order valence-electron chi connectivity index (χ2n) is 4.10. The van der Waals surface area contributed by atoms with Crippen LogP contribution in [-0.2, 0) is 6.54 Å². The Bertz CT molecular complexity index is 534. The highest BCUT2D eigenvalue weighted by atomic mass is 35.5. The van der Waals surface area contributed by atoms with Gasteiger partial charge in [-0.3, -0.25) is 9.97 Å². The molecule has 0 aliphatic carbocycles. The van der Waals surface area contributed by atoms with E-state index in [9.17, 15) is 0 Å². The number of halogens is 1. The minimum atomic E-state index is 0.553. The smallest absolute Gasteiger partial charge is 0.147 e. The largest absolute Gasteiger partial charge is 0.455 e. The Hall–Kier alpha value is -1.65. The van der Waals surface area contributed by atoms with Crippen molar-refractivity contribution in [2.45, 2.75) is 19.9 Å². The van der Waals surface area contributed by atoms with Gasteiger partial charge in [0.15, 0.2) is 0 Å². The van der Waals surface area contributed by atoms with E-state index in [-0.39, 0.29) is 0 Å². The van der Waals surface area contributed by atoms with E-state index in [1.807, 2.05) is 6.07 Å². The van der Waals surface area contributed by atoms with Crippen molar-refractivity contribution in [3.63, 3.8) is 0 Å². The summed E-state index contributed by atoms with van der Waals surface area (Å²) in [6.07, 6.45) is 7.81. The first-order valence-electron chi connectivity index (χ1n) is 6.21. The summed E-state index contributed by atoms with van der Waals surface area (Å²) < 4.78 is 5.79. The van der Waals surface area contributed by atoms with Crippen LogP contribution in [0.3, 0.4) is 0 Å². The van der Waals surface area contributed by atoms with E-state index >= 15 is 0 Å². The van der Waals surface area contributed by atoms with E-state index in [1.165, 1.54) is 0 Å². The first-order chi connectivity index (χ1) is 9.29. The fourth-order valence-corrected chi connectivity index (χ4v) is 1.79. The zero-order valence-corrected chi connectivity index (χ0v) is 11.5. The third kappa shape index (κ3) is 4.19. The number of rotatable bonds is 6. The van der Waals surface area contributed by atoms with Crippen molar-refractivity contribution in [3.05, 3.63) is 47.5 Å². The van der Waals surface area contributed by atoms with Crippen LogP contribution < -0.4 is 10.1 Å². The van der Waals surface area contributed by atoms with Gasteiger partial charge in [0.1, 0.15) is 11.5 Å². The van der Waals surface area contributed by atoms with Gasteiger partial charge in [0.05, 0.1) is 11.2 Å². The number of nitrogens with one attached hydrogen (secondary N) is 1. The molecule has 5 heteroatoms. The van der Waals surface area contributed by atoms with Gasteiger partial charge >= 0.3 is 0 Å². The summed E-state index contributed by atoms with van der Waals surface area (Å²) in [5.41, 5.74) is 1.01. The Balaban J connectivity index is 2.11. The normalized spacial score (nSPS) is 10.4. The van der Waals surface area contributed by atoms with Gasteiger partial charge in [0.2, 0.25) is 0 Å². The molecule has 2 heterocycles. The van der Waals surface area contributed by atoms with Crippen molar-refractivity contribution in [1.82, 2.24) is 15.3 Å². The minimum absolute atomic E-state index is 0.553. The average Bonchev–Trinajstić information content (AvgIpc) is 2.41. The molecule has 100 valence electrons. The van der Waals surface area contributed by atoms with E-state index in [4.69, 9.17) is 16.3 Å². The van der Waals surface area contributed by atoms with E-state index in [0.717, 1.165) is 30.8 Å². The van der Waals surface area contributed by atoms with Crippen molar-refractivity contribution in [1.29, 1.82) is 0 Å². The average molecular weight is 278 g/mol. The van der Waals surface area contributed by atoms with E-state index in [1.54, 1.807) is 30.9 Å². The lowest BCUT2D eigenvalue weighted by Gasteiger charge is -2.11. The first kappa shape index (κ1) is 13.8. The second kappa shape index (κ2) is 7.07. The fraction of sp³-hybridized carbons (Fsp3) is 0.286. The third-order valence-corrected chi connectivity index (χ3v) is 2.72. The Morgan fingerprint density at radius 3 is 2.95 bits per heavy atom. The molecular weight excluding hydrogens is 262 g/mol. The summed E-state index contributed by atoms with van der Waals surface area (Å²) in [6, 6.07) is 3.57. The molecule has 0 bridgehead atoms. The number of ether oxygens (including phenoxy) is 1. The summed E-state index contributed by atoms with van der Waals surface area (Å²) >= 11 is 5.89. The molecule has 0 atom stereocenters. The van der Waals surface area contributed by atoms with Crippen LogP contribution in [0.15, 0.2) is 36.9 Å². The Morgan fingerprint density at radius 1 is 1.26 bits per heavy atom. The van der Waals surface area contributed by atoms with Crippen LogP contribution in [0.5, 0.6) is 11.5 Å². The molecule has 0 aliphatic heterocycles. The molecule has 0 unspecified atom stereocenters. The van der Waals surface area contributed by atoms with Gasteiger partial charge in [-0.25, -0.2) is 0 Å². The molecule has 1 N–H and O–H groups in total. The third-order valence-electron chi connectivity index (χ3n) is 2.51. The molecule has 2 aromatic heterocycles. The highest BCUT2D eigenvalue weighted by Crippen LogP contribution is 2.25. The monoisotopic (exact) mass is 277 g/mol. The maximum absolute atomic E-state index is 5.89. The van der Waals surface area contributed by atoms with Crippen LogP contribution in [0, 0.1) is 0 Å². The van der Waals surface area contributed by atoms with Gasteiger partial charge in [-0.1, -0.05) is 18.5 Å². The zero-order chi connectivity index (χ0) is 13.5. The highest BCUT2D eigenvalue weighted by Gasteiger charge is 2.05. The standard InChI is InChI=1S/C14H16ClN3O/c1-2-4-16-7-11-8-17-5-3-14(11)19-13-6-12(15)9-18-10-13/h3,5-6,8-10,16H,2,4,7H2,1H3. The molecule has 19 heavy (non-hydrogen) atoms. The topological polar surface area (TPSA) is 47.0 Å². The number of hydrogen-bond acceptors (Lipinski definition) is 4. The highest BCUT2D eigenvalue weighted by molar-refractivity contribution is 6.30. The lowest BCUT2D eigenvalue weighted by Crippen LogP contribution is -2.14. The SMILES string of the molecule is CCCNCc1cnccc1Oc1cncc(Cl)c1. The summed E-state index contributed by atoms with van der Waals surface area (Å²) in [5, 5.41) is 3.88. The van der Waals surface area contributed by atoms with Gasteiger partial charge < -0.3 is 10.1 Å². The molecule has 2 rings (SSSR count). The first-order valence-corrected chi connectivity index (χ1v) is 6.59. The molecule has 0 spiro atoms. The van der Waals surface area contributed by atoms with E-state index in [2.05, 4.69) is 22.2 Å². The maximum Gasteiger partial charge on any atom is 0.147 e. The zero-order valence-electron chi connectivity index (χ0n) is 10.8. The fourth-order valence-electron chi connectivity index (χ4n) is 1.62.